The van der Waals surface area contributed by atoms with E-state index in [1.54, 1.807) is 0 Å². The summed E-state index contributed by atoms with van der Waals surface area (Å²) >= 11 is 0. The Bertz CT molecular complexity index is 541. The Morgan fingerprint density at radius 2 is 1.48 bits per heavy atom. The van der Waals surface area contributed by atoms with Gasteiger partial charge in [0, 0.05) is 5.39 Å². The van der Waals surface area contributed by atoms with Gasteiger partial charge in [-0.05, 0) is 44.2 Å². The van der Waals surface area contributed by atoms with Gasteiger partial charge in [-0.15, -0.1) is 0 Å². The summed E-state index contributed by atoms with van der Waals surface area (Å²) in [4.78, 5) is 0. The fourth-order valence-electron chi connectivity index (χ4n) is 3.29. The van der Waals surface area contributed by atoms with Crippen LogP contribution in [-0.2, 0) is 0 Å². The Hall–Kier alpha value is -1.38. The molecule has 0 fully saturated rings. The van der Waals surface area contributed by atoms with Gasteiger partial charge in [0.1, 0.15) is 5.69 Å². The molecule has 0 heterocycles. The van der Waals surface area contributed by atoms with Gasteiger partial charge in [-0.1, -0.05) is 43.7 Å². The van der Waals surface area contributed by atoms with E-state index >= 15 is 0 Å². The van der Waals surface area contributed by atoms with E-state index in [1.165, 1.54) is 55.4 Å². The number of hydrogen-bond acceptors (Lipinski definition) is 1. The molecule has 0 aliphatic carbocycles. The third-order valence-corrected chi connectivity index (χ3v) is 4.68. The minimum atomic E-state index is 0. The van der Waals surface area contributed by atoms with Gasteiger partial charge < -0.3 is 5.48 Å². The van der Waals surface area contributed by atoms with Crippen LogP contribution in [0, 0.1) is 0 Å². The van der Waals surface area contributed by atoms with E-state index in [-0.39, 0.29) is 5.48 Å². The first-order valence-electron chi connectivity index (χ1n) is 8.11. The Morgan fingerprint density at radius 1 is 0.810 bits per heavy atom. The first-order valence-corrected chi connectivity index (χ1v) is 8.11. The van der Waals surface area contributed by atoms with E-state index in [0.29, 0.717) is 0 Å². The Kier molecular flexibility index (Phi) is 6.86. The number of rotatable bonds is 7. The van der Waals surface area contributed by atoms with Crippen molar-refractivity contribution in [2.45, 2.75) is 40.0 Å². The molecule has 0 atom stereocenters. The molecule has 0 aliphatic heterocycles. The molecule has 0 bridgehead atoms. The highest BCUT2D eigenvalue weighted by Gasteiger charge is 2.27. The van der Waals surface area contributed by atoms with E-state index in [4.69, 9.17) is 0 Å². The predicted molar refractivity (Wildman–Crippen MR) is 93.2 cm³/mol. The maximum atomic E-state index is 2.33. The number of unbranched alkanes of at least 4 members (excludes halogenated alkanes) is 2. The molecule has 0 saturated heterocycles. The molecule has 1 N–H and O–H groups in total. The molecule has 0 radical (unpaired) electrons. The van der Waals surface area contributed by atoms with E-state index in [9.17, 15) is 0 Å². The van der Waals surface area contributed by atoms with Crippen molar-refractivity contribution in [3.63, 3.8) is 0 Å². The quantitative estimate of drug-likeness (QED) is 0.508. The van der Waals surface area contributed by atoms with Crippen molar-refractivity contribution in [2.75, 3.05) is 19.6 Å². The minimum Gasteiger partial charge on any atom is -0.870 e. The standard InChI is InChI=1S/C19H28N.H2O/c1-4-7-10-16-20(5-2,6-3)19-15-11-13-17-12-8-9-14-18(17)19;/h8-9,11-15H,4-7,10,16H2,1-3H3;1H2/q+1;/p-1. The fourth-order valence-corrected chi connectivity index (χ4v) is 3.29. The van der Waals surface area contributed by atoms with Gasteiger partial charge in [0.15, 0.2) is 0 Å². The molecule has 0 aliphatic rings. The monoisotopic (exact) mass is 287 g/mol. The summed E-state index contributed by atoms with van der Waals surface area (Å²) in [5, 5.41) is 2.79. The maximum Gasteiger partial charge on any atom is 0.140 e. The first kappa shape index (κ1) is 17.7. The van der Waals surface area contributed by atoms with Crippen LogP contribution in [-0.4, -0.2) is 25.1 Å². The zero-order chi connectivity index (χ0) is 14.4. The largest absolute Gasteiger partial charge is 0.870 e. The molecule has 2 nitrogen and oxygen atoms in total. The van der Waals surface area contributed by atoms with Crippen LogP contribution in [0.25, 0.3) is 10.8 Å². The Balaban J connectivity index is 0.00000220. The molecule has 21 heavy (non-hydrogen) atoms. The smallest absolute Gasteiger partial charge is 0.140 e. The summed E-state index contributed by atoms with van der Waals surface area (Å²) in [6.07, 6.45) is 3.95. The van der Waals surface area contributed by atoms with Crippen molar-refractivity contribution >= 4 is 16.5 Å². The lowest BCUT2D eigenvalue weighted by Crippen LogP contribution is -2.49. The van der Waals surface area contributed by atoms with Gasteiger partial charge in [-0.3, -0.25) is 4.48 Å². The summed E-state index contributed by atoms with van der Waals surface area (Å²) in [5.74, 6) is 0. The highest BCUT2D eigenvalue weighted by molar-refractivity contribution is 5.93. The summed E-state index contributed by atoms with van der Waals surface area (Å²) in [5.41, 5.74) is 1.50. The van der Waals surface area contributed by atoms with Crippen molar-refractivity contribution in [2.24, 2.45) is 0 Å². The third kappa shape index (κ3) is 3.63. The second-order valence-corrected chi connectivity index (χ2v) is 5.71. The van der Waals surface area contributed by atoms with Crippen LogP contribution in [0.4, 0.5) is 5.69 Å². The number of quaternary nitrogens is 1. The number of fused-ring (bicyclic) bond motifs is 1. The molecule has 2 aromatic rings. The Labute approximate surface area is 129 Å². The molecule has 2 aromatic carbocycles. The van der Waals surface area contributed by atoms with E-state index < -0.39 is 0 Å². The lowest BCUT2D eigenvalue weighted by atomic mass is 10.1. The summed E-state index contributed by atoms with van der Waals surface area (Å²) in [6, 6.07) is 15.6. The van der Waals surface area contributed by atoms with Crippen LogP contribution in [0.1, 0.15) is 40.0 Å². The number of hydrogen-bond donors (Lipinski definition) is 0. The first-order chi connectivity index (χ1) is 9.77. The molecule has 2 rings (SSSR count). The molecule has 116 valence electrons. The molecular formula is C19H29NO. The average Bonchev–Trinajstić information content (AvgIpc) is 2.52. The zero-order valence-corrected chi connectivity index (χ0v) is 13.7. The van der Waals surface area contributed by atoms with Gasteiger partial charge in [0.2, 0.25) is 0 Å². The molecule has 0 aromatic heterocycles. The lowest BCUT2D eigenvalue weighted by molar-refractivity contribution is 0.295. The Morgan fingerprint density at radius 3 is 2.14 bits per heavy atom. The van der Waals surface area contributed by atoms with Crippen molar-refractivity contribution < 1.29 is 5.48 Å². The molecule has 0 amide bonds. The number of nitrogens with zero attached hydrogens (tertiary/aromatic N) is 1. The van der Waals surface area contributed by atoms with Crippen LogP contribution < -0.4 is 4.48 Å². The average molecular weight is 287 g/mol. The van der Waals surface area contributed by atoms with Crippen molar-refractivity contribution in [3.05, 3.63) is 42.5 Å². The molecule has 0 saturated carbocycles. The minimum absolute atomic E-state index is 0. The van der Waals surface area contributed by atoms with Gasteiger partial charge in [-0.2, -0.15) is 0 Å². The van der Waals surface area contributed by atoms with Gasteiger partial charge >= 0.3 is 0 Å². The predicted octanol–water partition coefficient (Wildman–Crippen LogP) is 5.20. The molecule has 0 spiro atoms. The van der Waals surface area contributed by atoms with Gasteiger partial charge in [-0.25, -0.2) is 0 Å². The SMILES string of the molecule is CCCCC[N+](CC)(CC)c1cccc2ccccc12.[OH-]. The van der Waals surface area contributed by atoms with E-state index in [2.05, 4.69) is 63.2 Å². The van der Waals surface area contributed by atoms with Crippen LogP contribution in [0.3, 0.4) is 0 Å². The summed E-state index contributed by atoms with van der Waals surface area (Å²) in [7, 11) is 0. The van der Waals surface area contributed by atoms with Crippen molar-refractivity contribution in [3.8, 4) is 0 Å². The fraction of sp³-hybridized carbons (Fsp3) is 0.474. The highest BCUT2D eigenvalue weighted by Crippen LogP contribution is 2.32. The van der Waals surface area contributed by atoms with Crippen LogP contribution in [0.5, 0.6) is 0 Å². The third-order valence-electron chi connectivity index (χ3n) is 4.68. The van der Waals surface area contributed by atoms with E-state index in [0.717, 1.165) is 4.48 Å². The van der Waals surface area contributed by atoms with E-state index in [1.807, 2.05) is 0 Å². The lowest BCUT2D eigenvalue weighted by Gasteiger charge is -2.37. The topological polar surface area (TPSA) is 30.0 Å². The van der Waals surface area contributed by atoms with Crippen molar-refractivity contribution in [1.29, 1.82) is 0 Å². The number of benzene rings is 2. The summed E-state index contributed by atoms with van der Waals surface area (Å²) < 4.78 is 1.11. The van der Waals surface area contributed by atoms with Crippen LogP contribution in [0.15, 0.2) is 42.5 Å². The zero-order valence-electron chi connectivity index (χ0n) is 13.7. The maximum absolute atomic E-state index is 2.33. The van der Waals surface area contributed by atoms with Crippen LogP contribution in [0.2, 0.25) is 0 Å². The van der Waals surface area contributed by atoms with Crippen LogP contribution >= 0.6 is 0 Å². The van der Waals surface area contributed by atoms with Crippen molar-refractivity contribution in [1.82, 2.24) is 4.48 Å². The molecular weight excluding hydrogens is 258 g/mol. The molecule has 2 heteroatoms. The summed E-state index contributed by atoms with van der Waals surface area (Å²) in [6.45, 7) is 10.6. The van der Waals surface area contributed by atoms with Gasteiger partial charge in [0.25, 0.3) is 0 Å². The second-order valence-electron chi connectivity index (χ2n) is 5.71. The highest BCUT2D eigenvalue weighted by atomic mass is 16.0. The normalized spacial score (nSPS) is 11.4. The van der Waals surface area contributed by atoms with Gasteiger partial charge in [0.05, 0.1) is 19.6 Å². The molecule has 0 unspecified atom stereocenters. The second kappa shape index (κ2) is 8.16.